The second-order valence-electron chi connectivity index (χ2n) is 9.03. The van der Waals surface area contributed by atoms with E-state index in [9.17, 15) is 13.2 Å². The summed E-state index contributed by atoms with van der Waals surface area (Å²) in [6.45, 7) is 5.23. The number of benzene rings is 2. The van der Waals surface area contributed by atoms with Gasteiger partial charge in [-0.3, -0.25) is 9.52 Å². The highest BCUT2D eigenvalue weighted by Crippen LogP contribution is 2.30. The molecule has 1 amide bonds. The average molecular weight is 547 g/mol. The fraction of sp³-hybridized carbons (Fsp3) is 0.375. The number of aryl methyl sites for hydroxylation is 1. The van der Waals surface area contributed by atoms with Crippen molar-refractivity contribution < 1.29 is 13.2 Å². The normalized spacial score (nSPS) is 18.2. The third-order valence-corrected chi connectivity index (χ3v) is 8.92. The van der Waals surface area contributed by atoms with E-state index >= 15 is 0 Å². The molecule has 1 fully saturated rings. The van der Waals surface area contributed by atoms with Crippen LogP contribution in [0.2, 0.25) is 5.02 Å². The van der Waals surface area contributed by atoms with Crippen LogP contribution in [-0.4, -0.2) is 67.3 Å². The molecule has 0 unspecified atom stereocenters. The van der Waals surface area contributed by atoms with Gasteiger partial charge >= 0.3 is 0 Å². The van der Waals surface area contributed by atoms with Crippen LogP contribution in [0.1, 0.15) is 18.9 Å². The maximum absolute atomic E-state index is 13.2. The van der Waals surface area contributed by atoms with E-state index < -0.39 is 10.0 Å². The quantitative estimate of drug-likeness (QED) is 0.505. The molecule has 0 bridgehead atoms. The van der Waals surface area contributed by atoms with E-state index in [-0.39, 0.29) is 22.0 Å². The number of nitrogens with zero attached hydrogens (tertiary/aromatic N) is 5. The maximum atomic E-state index is 13.2. The van der Waals surface area contributed by atoms with Gasteiger partial charge in [0.25, 0.3) is 10.0 Å². The summed E-state index contributed by atoms with van der Waals surface area (Å²) in [6, 6.07) is 12.7. The molecule has 1 atom stereocenters. The first kappa shape index (κ1) is 24.8. The molecule has 2 aliphatic heterocycles. The van der Waals surface area contributed by atoms with Crippen LogP contribution in [0.15, 0.2) is 53.7 Å². The predicted molar refractivity (Wildman–Crippen MR) is 143 cm³/mol. The largest absolute Gasteiger partial charge is 0.368 e. The van der Waals surface area contributed by atoms with Crippen molar-refractivity contribution in [3.63, 3.8) is 0 Å². The average Bonchev–Trinajstić information content (AvgIpc) is 3.36. The maximum Gasteiger partial charge on any atom is 0.263 e. The molecule has 2 aromatic carbocycles. The molecule has 2 aliphatic rings. The minimum Gasteiger partial charge on any atom is -0.368 e. The molecule has 0 radical (unpaired) electrons. The Morgan fingerprint density at radius 2 is 1.97 bits per heavy atom. The van der Waals surface area contributed by atoms with E-state index in [2.05, 4.69) is 30.8 Å². The van der Waals surface area contributed by atoms with E-state index in [0.717, 1.165) is 47.3 Å². The minimum atomic E-state index is -3.72. The number of carbonyl (C=O) groups excluding carboxylic acids is 1. The van der Waals surface area contributed by atoms with Crippen molar-refractivity contribution in [2.24, 2.45) is 0 Å². The number of nitrogens with one attached hydrogen (secondary N) is 1. The molecular weight excluding hydrogens is 520 g/mol. The highest BCUT2D eigenvalue weighted by Gasteiger charge is 2.30. The van der Waals surface area contributed by atoms with E-state index in [1.54, 1.807) is 24.3 Å². The smallest absolute Gasteiger partial charge is 0.263 e. The fourth-order valence-electron chi connectivity index (χ4n) is 4.85. The molecule has 0 aliphatic carbocycles. The number of halogens is 1. The van der Waals surface area contributed by atoms with Crippen molar-refractivity contribution >= 4 is 55.6 Å². The molecule has 190 valence electrons. The monoisotopic (exact) mass is 546 g/mol. The zero-order valence-corrected chi connectivity index (χ0v) is 22.2. The van der Waals surface area contributed by atoms with E-state index in [4.69, 9.17) is 11.6 Å². The molecule has 3 heterocycles. The van der Waals surface area contributed by atoms with Crippen molar-refractivity contribution in [1.82, 2.24) is 14.3 Å². The first-order valence-corrected chi connectivity index (χ1v) is 14.4. The lowest BCUT2D eigenvalue weighted by atomic mass is 10.0. The number of carbonyl (C=O) groups is 1. The number of piperazine rings is 1. The van der Waals surface area contributed by atoms with Gasteiger partial charge in [0, 0.05) is 60.2 Å². The van der Waals surface area contributed by atoms with Gasteiger partial charge in [0.1, 0.15) is 6.33 Å². The zero-order chi connectivity index (χ0) is 25.3. The van der Waals surface area contributed by atoms with Crippen molar-refractivity contribution in [3.05, 3.63) is 59.4 Å². The van der Waals surface area contributed by atoms with Crippen LogP contribution in [0.4, 0.5) is 16.5 Å². The van der Waals surface area contributed by atoms with Crippen LogP contribution >= 0.6 is 23.1 Å². The van der Waals surface area contributed by atoms with Crippen LogP contribution in [0.3, 0.4) is 0 Å². The number of aromatic nitrogens is 2. The molecule has 36 heavy (non-hydrogen) atoms. The van der Waals surface area contributed by atoms with Gasteiger partial charge < -0.3 is 14.7 Å². The Hall–Kier alpha value is -2.89. The number of hydrogen-bond donors (Lipinski definition) is 1. The number of hydrogen-bond acceptors (Lipinski definition) is 8. The molecule has 0 saturated carbocycles. The van der Waals surface area contributed by atoms with Gasteiger partial charge in [-0.2, -0.15) is 4.37 Å². The molecule has 0 spiro atoms. The van der Waals surface area contributed by atoms with Crippen LogP contribution < -0.4 is 14.5 Å². The Balaban J connectivity index is 1.20. The molecule has 1 aromatic heterocycles. The van der Waals surface area contributed by atoms with Gasteiger partial charge in [0.2, 0.25) is 11.0 Å². The molecule has 9 nitrogen and oxygen atoms in total. The summed E-state index contributed by atoms with van der Waals surface area (Å²) in [5.41, 5.74) is 3.22. The summed E-state index contributed by atoms with van der Waals surface area (Å²) in [4.78, 5) is 23.6. The van der Waals surface area contributed by atoms with Crippen LogP contribution in [-0.2, 0) is 21.2 Å². The number of rotatable bonds is 6. The highest BCUT2D eigenvalue weighted by atomic mass is 35.5. The molecule has 3 aromatic rings. The van der Waals surface area contributed by atoms with E-state index in [1.807, 2.05) is 23.1 Å². The van der Waals surface area contributed by atoms with Crippen molar-refractivity contribution in [3.8, 4) is 0 Å². The Kier molecular flexibility index (Phi) is 7.05. The lowest BCUT2D eigenvalue weighted by molar-refractivity contribution is -0.132. The lowest BCUT2D eigenvalue weighted by Gasteiger charge is -2.42. The number of fused-ring (bicyclic) bond motifs is 1. The van der Waals surface area contributed by atoms with Gasteiger partial charge in [-0.05, 0) is 67.8 Å². The van der Waals surface area contributed by atoms with Crippen LogP contribution in [0, 0.1) is 0 Å². The number of amides is 1. The highest BCUT2D eigenvalue weighted by molar-refractivity contribution is 7.93. The van der Waals surface area contributed by atoms with Gasteiger partial charge in [0.05, 0.1) is 11.4 Å². The lowest BCUT2D eigenvalue weighted by Crippen LogP contribution is -2.56. The SMILES string of the molecule is C[C@H]1CN(c2ccc(S(=O)(=O)Nc3ncns3)cc2)CCN1C(=O)CN1CCCc2cc(Cl)ccc21. The molecule has 5 rings (SSSR count). The first-order valence-electron chi connectivity index (χ1n) is 11.8. The summed E-state index contributed by atoms with van der Waals surface area (Å²) < 4.78 is 31.4. The van der Waals surface area contributed by atoms with Gasteiger partial charge in [-0.15, -0.1) is 0 Å². The van der Waals surface area contributed by atoms with Crippen molar-refractivity contribution in [1.29, 1.82) is 0 Å². The van der Waals surface area contributed by atoms with Gasteiger partial charge in [-0.1, -0.05) is 11.6 Å². The third kappa shape index (κ3) is 5.28. The summed E-state index contributed by atoms with van der Waals surface area (Å²) >= 11 is 7.14. The second kappa shape index (κ2) is 10.2. The summed E-state index contributed by atoms with van der Waals surface area (Å²) in [5.74, 6) is 0.120. The first-order chi connectivity index (χ1) is 17.3. The standard InChI is InChI=1S/C24H27ClN6O3S2/c1-17-14-29(20-5-7-21(8-6-20)36(33,34)28-24-26-16-27-35-24)11-12-31(17)23(32)15-30-10-2-3-18-13-19(25)4-9-22(18)30/h4-9,13,16-17H,2-3,10-12,14-15H2,1H3,(H,26,27,28)/t17-/m0/s1. The molecule has 1 saturated heterocycles. The van der Waals surface area contributed by atoms with Gasteiger partial charge in [-0.25, -0.2) is 13.4 Å². The topological polar surface area (TPSA) is 98.7 Å². The van der Waals surface area contributed by atoms with Crippen LogP contribution in [0.25, 0.3) is 0 Å². The summed E-state index contributed by atoms with van der Waals surface area (Å²) in [6.07, 6.45) is 3.29. The summed E-state index contributed by atoms with van der Waals surface area (Å²) in [5, 5.41) is 0.955. The molecule has 1 N–H and O–H groups in total. The Labute approximate surface area is 219 Å². The Bertz CT molecular complexity index is 1330. The van der Waals surface area contributed by atoms with Crippen LogP contribution in [0.5, 0.6) is 0 Å². The van der Waals surface area contributed by atoms with E-state index in [1.165, 1.54) is 11.9 Å². The predicted octanol–water partition coefficient (Wildman–Crippen LogP) is 3.48. The number of anilines is 3. The zero-order valence-electron chi connectivity index (χ0n) is 19.8. The fourth-order valence-corrected chi connectivity index (χ4v) is 6.71. The molecule has 12 heteroatoms. The Morgan fingerprint density at radius 1 is 1.17 bits per heavy atom. The van der Waals surface area contributed by atoms with Crippen molar-refractivity contribution in [2.75, 3.05) is 47.2 Å². The Morgan fingerprint density at radius 3 is 2.69 bits per heavy atom. The van der Waals surface area contributed by atoms with Gasteiger partial charge in [0.15, 0.2) is 0 Å². The van der Waals surface area contributed by atoms with E-state index in [0.29, 0.717) is 26.2 Å². The number of sulfonamides is 1. The van der Waals surface area contributed by atoms with Crippen molar-refractivity contribution in [2.45, 2.75) is 30.7 Å². The third-order valence-electron chi connectivity index (χ3n) is 6.63. The second-order valence-corrected chi connectivity index (χ2v) is 11.9. The minimum absolute atomic E-state index is 0.0307. The summed E-state index contributed by atoms with van der Waals surface area (Å²) in [7, 11) is -3.72. The molecular formula is C24H27ClN6O3S2.